The minimum Gasteiger partial charge on any atom is -0.456 e. The standard InChI is InChI=1S/C51H32N4OS/c1-3-13-31(14-4-1)49-52-50(32-15-5-2-6-16-32)54-51(53-49)34-26-28-44-39(30-34)38-29-33(25-27-43(38)56-44)35-19-11-23-45-47(35)48-42(22-12-24-46(48)57-45)55-40-20-9-7-17-36(40)37-18-8-10-21-41(37)55/h1-30,49H,(H,52,53,54). The molecule has 0 saturated heterocycles. The second-order valence-electron chi connectivity index (χ2n) is 14.6. The van der Waals surface area contributed by atoms with Gasteiger partial charge >= 0.3 is 0 Å². The number of hydrogen-bond acceptors (Lipinski definition) is 5. The van der Waals surface area contributed by atoms with Gasteiger partial charge in [-0.2, -0.15) is 0 Å². The molecule has 1 atom stereocenters. The summed E-state index contributed by atoms with van der Waals surface area (Å²) in [5.41, 5.74) is 10.7. The topological polar surface area (TPSA) is 54.8 Å². The van der Waals surface area contributed by atoms with E-state index in [1.807, 2.05) is 47.7 Å². The number of aromatic nitrogens is 1. The number of fused-ring (bicyclic) bond motifs is 9. The van der Waals surface area contributed by atoms with Gasteiger partial charge in [-0.1, -0.05) is 121 Å². The van der Waals surface area contributed by atoms with Gasteiger partial charge in [0, 0.05) is 52.8 Å². The lowest BCUT2D eigenvalue weighted by molar-refractivity contribution is 0.668. The van der Waals surface area contributed by atoms with Crippen LogP contribution in [0.1, 0.15) is 22.9 Å². The second-order valence-corrected chi connectivity index (χ2v) is 15.6. The second kappa shape index (κ2) is 12.6. The van der Waals surface area contributed by atoms with E-state index in [1.54, 1.807) is 0 Å². The van der Waals surface area contributed by atoms with Crippen molar-refractivity contribution in [3.63, 3.8) is 0 Å². The number of rotatable bonds is 5. The lowest BCUT2D eigenvalue weighted by Gasteiger charge is -2.23. The van der Waals surface area contributed by atoms with Crippen molar-refractivity contribution in [3.05, 3.63) is 199 Å². The molecule has 0 saturated carbocycles. The highest BCUT2D eigenvalue weighted by Gasteiger charge is 2.23. The van der Waals surface area contributed by atoms with Crippen LogP contribution in [0.2, 0.25) is 0 Å². The first-order valence-electron chi connectivity index (χ1n) is 19.2. The molecule has 11 aromatic rings. The molecule has 8 aromatic carbocycles. The first-order valence-corrected chi connectivity index (χ1v) is 20.0. The zero-order valence-electron chi connectivity index (χ0n) is 30.6. The summed E-state index contributed by atoms with van der Waals surface area (Å²) in [4.78, 5) is 10.1. The first kappa shape index (κ1) is 32.0. The third kappa shape index (κ3) is 5.08. The highest BCUT2D eigenvalue weighted by Crippen LogP contribution is 2.45. The predicted molar refractivity (Wildman–Crippen MR) is 238 cm³/mol. The summed E-state index contributed by atoms with van der Waals surface area (Å²) in [6, 6.07) is 64.4. The first-order chi connectivity index (χ1) is 28.2. The molecule has 4 heterocycles. The summed E-state index contributed by atoms with van der Waals surface area (Å²) < 4.78 is 11.5. The zero-order chi connectivity index (χ0) is 37.5. The highest BCUT2D eigenvalue weighted by molar-refractivity contribution is 7.26. The molecular formula is C51H32N4OS. The van der Waals surface area contributed by atoms with E-state index in [1.165, 1.54) is 53.2 Å². The fraction of sp³-hybridized carbons (Fsp3) is 0.0196. The minimum atomic E-state index is -0.273. The number of nitrogens with zero attached hydrogens (tertiary/aromatic N) is 3. The van der Waals surface area contributed by atoms with E-state index in [2.05, 4.69) is 155 Å². The summed E-state index contributed by atoms with van der Waals surface area (Å²) >= 11 is 1.85. The smallest absolute Gasteiger partial charge is 0.159 e. The zero-order valence-corrected chi connectivity index (χ0v) is 31.4. The van der Waals surface area contributed by atoms with Crippen molar-refractivity contribution < 1.29 is 4.42 Å². The Kier molecular flexibility index (Phi) is 7.09. The number of amidine groups is 2. The van der Waals surface area contributed by atoms with Crippen LogP contribution >= 0.6 is 11.3 Å². The molecule has 0 bridgehead atoms. The summed E-state index contributed by atoms with van der Waals surface area (Å²) in [5, 5.41) is 10.8. The Morgan fingerprint density at radius 3 is 1.86 bits per heavy atom. The normalized spacial score (nSPS) is 14.5. The monoisotopic (exact) mass is 748 g/mol. The van der Waals surface area contributed by atoms with E-state index in [0.29, 0.717) is 5.84 Å². The van der Waals surface area contributed by atoms with E-state index in [-0.39, 0.29) is 6.17 Å². The van der Waals surface area contributed by atoms with Crippen molar-refractivity contribution in [2.24, 2.45) is 9.98 Å². The number of nitrogens with one attached hydrogen (secondary N) is 1. The van der Waals surface area contributed by atoms with Gasteiger partial charge in [0.25, 0.3) is 0 Å². The fourth-order valence-corrected chi connectivity index (χ4v) is 9.82. The third-order valence-corrected chi connectivity index (χ3v) is 12.4. The lowest BCUT2D eigenvalue weighted by Crippen LogP contribution is -2.33. The van der Waals surface area contributed by atoms with E-state index in [0.717, 1.165) is 50.0 Å². The Bertz CT molecular complexity index is 3390. The molecule has 5 nitrogen and oxygen atoms in total. The van der Waals surface area contributed by atoms with Crippen LogP contribution in [-0.4, -0.2) is 16.2 Å². The maximum absolute atomic E-state index is 6.47. The average molecular weight is 749 g/mol. The molecule has 268 valence electrons. The van der Waals surface area contributed by atoms with Crippen molar-refractivity contribution in [2.75, 3.05) is 0 Å². The number of aliphatic imine (C=N–C) groups is 2. The molecule has 6 heteroatoms. The molecule has 0 aliphatic carbocycles. The Labute approximate surface area is 331 Å². The number of para-hydroxylation sites is 2. The van der Waals surface area contributed by atoms with Crippen LogP contribution < -0.4 is 5.32 Å². The number of hydrogen-bond donors (Lipinski definition) is 1. The molecule has 0 spiro atoms. The number of thiophene rings is 1. The fourth-order valence-electron chi connectivity index (χ4n) is 8.67. The molecule has 1 aliphatic heterocycles. The van der Waals surface area contributed by atoms with Crippen LogP contribution in [0.15, 0.2) is 196 Å². The Hall–Kier alpha value is -7.28. The Balaban J connectivity index is 1.03. The van der Waals surface area contributed by atoms with Gasteiger partial charge in [-0.25, -0.2) is 9.98 Å². The summed E-state index contributed by atoms with van der Waals surface area (Å²) in [6.45, 7) is 0. The van der Waals surface area contributed by atoms with Gasteiger partial charge in [0.1, 0.15) is 23.2 Å². The van der Waals surface area contributed by atoms with Crippen molar-refractivity contribution in [2.45, 2.75) is 6.17 Å². The maximum Gasteiger partial charge on any atom is 0.159 e. The van der Waals surface area contributed by atoms with E-state index < -0.39 is 0 Å². The highest BCUT2D eigenvalue weighted by atomic mass is 32.1. The van der Waals surface area contributed by atoms with Gasteiger partial charge in [-0.3, -0.25) is 0 Å². The Morgan fingerprint density at radius 1 is 0.509 bits per heavy atom. The van der Waals surface area contributed by atoms with Gasteiger partial charge in [-0.05, 0) is 77.4 Å². The minimum absolute atomic E-state index is 0.273. The molecule has 3 aromatic heterocycles. The third-order valence-electron chi connectivity index (χ3n) is 11.3. The van der Waals surface area contributed by atoms with Gasteiger partial charge in [0.05, 0.1) is 16.7 Å². The lowest BCUT2D eigenvalue weighted by atomic mass is 9.97. The van der Waals surface area contributed by atoms with Gasteiger partial charge in [-0.15, -0.1) is 11.3 Å². The van der Waals surface area contributed by atoms with Gasteiger partial charge < -0.3 is 14.3 Å². The van der Waals surface area contributed by atoms with Crippen LogP contribution in [-0.2, 0) is 0 Å². The molecule has 0 amide bonds. The summed E-state index contributed by atoms with van der Waals surface area (Å²) in [7, 11) is 0. The average Bonchev–Trinajstić information content (AvgIpc) is 3.96. The summed E-state index contributed by atoms with van der Waals surface area (Å²) in [6.07, 6.45) is -0.273. The molecule has 12 rings (SSSR count). The van der Waals surface area contributed by atoms with Crippen LogP contribution in [0.4, 0.5) is 0 Å². The Morgan fingerprint density at radius 2 is 1.12 bits per heavy atom. The molecule has 1 N–H and O–H groups in total. The van der Waals surface area contributed by atoms with Crippen molar-refractivity contribution in [1.29, 1.82) is 0 Å². The predicted octanol–water partition coefficient (Wildman–Crippen LogP) is 13.2. The molecular weight excluding hydrogens is 717 g/mol. The van der Waals surface area contributed by atoms with Crippen molar-refractivity contribution in [3.8, 4) is 16.8 Å². The van der Waals surface area contributed by atoms with Crippen LogP contribution in [0.25, 0.3) is 80.7 Å². The quantitative estimate of drug-likeness (QED) is 0.191. The molecule has 1 unspecified atom stereocenters. The molecule has 57 heavy (non-hydrogen) atoms. The van der Waals surface area contributed by atoms with Crippen molar-refractivity contribution in [1.82, 2.24) is 9.88 Å². The van der Waals surface area contributed by atoms with Crippen LogP contribution in [0.3, 0.4) is 0 Å². The number of benzene rings is 8. The van der Waals surface area contributed by atoms with Gasteiger partial charge in [0.15, 0.2) is 5.84 Å². The molecule has 1 aliphatic rings. The SMILES string of the molecule is c1ccc(C2=NC(c3ccccc3)NC(c3ccc4oc5ccc(-c6cccc7sc8cccc(-n9c%10ccccc%10c%10ccccc%109)c8c67)cc5c4c3)=N2)cc1. The number of furan rings is 1. The van der Waals surface area contributed by atoms with Crippen LogP contribution in [0.5, 0.6) is 0 Å². The maximum atomic E-state index is 6.47. The molecule has 0 radical (unpaired) electrons. The summed E-state index contributed by atoms with van der Waals surface area (Å²) in [5.74, 6) is 1.48. The van der Waals surface area contributed by atoms with E-state index in [4.69, 9.17) is 14.4 Å². The van der Waals surface area contributed by atoms with Gasteiger partial charge in [0.2, 0.25) is 0 Å². The largest absolute Gasteiger partial charge is 0.456 e. The van der Waals surface area contributed by atoms with E-state index in [9.17, 15) is 0 Å². The molecule has 0 fully saturated rings. The van der Waals surface area contributed by atoms with Crippen LogP contribution in [0, 0.1) is 0 Å². The van der Waals surface area contributed by atoms with Crippen molar-refractivity contribution >= 4 is 86.9 Å². The van der Waals surface area contributed by atoms with E-state index >= 15 is 0 Å².